The molecule has 580 valence electrons. The Balaban J connectivity index is -0.0000000334. The van der Waals surface area contributed by atoms with Gasteiger partial charge in [-0.15, -0.1) is 4.94 Å². The second-order valence-corrected chi connectivity index (χ2v) is 10.1. The van der Waals surface area contributed by atoms with E-state index in [2.05, 4.69) is 25.9 Å². The van der Waals surface area contributed by atoms with Crippen molar-refractivity contribution in [1.29, 1.82) is 0 Å². The van der Waals surface area contributed by atoms with Crippen LogP contribution in [0.15, 0.2) is 0 Å². The highest BCUT2D eigenvalue weighted by Gasteiger charge is 2.73. The van der Waals surface area contributed by atoms with Crippen molar-refractivity contribution >= 4 is 0 Å². The van der Waals surface area contributed by atoms with Crippen molar-refractivity contribution in [3.63, 3.8) is 0 Å². The maximum Gasteiger partial charge on any atom is 0.428 e. The van der Waals surface area contributed by atoms with Gasteiger partial charge in [-0.25, -0.2) is 35.1 Å². The summed E-state index contributed by atoms with van der Waals surface area (Å²) in [6.45, 7) is -10.0. The number of hydrogen-bond donors (Lipinski definition) is 0. The third-order valence-electron chi connectivity index (χ3n) is 3.94. The molecule has 0 aliphatic carbocycles. The molecule has 0 saturated carbocycles. The molecule has 0 saturated heterocycles. The van der Waals surface area contributed by atoms with Crippen molar-refractivity contribution < 1.29 is 213 Å². The second-order valence-electron chi connectivity index (χ2n) is 10.1. The van der Waals surface area contributed by atoms with E-state index < -0.39 is 115 Å². The minimum absolute atomic E-state index is 0.145. The molecule has 0 aliphatic rings. The Bertz CT molecular complexity index is 1000. The van der Waals surface area contributed by atoms with Crippen LogP contribution < -0.4 is 0 Å². The molecular weight excluding hydrogens is 1400 g/mol. The van der Waals surface area contributed by atoms with Gasteiger partial charge in [-0.2, -0.15) is 83.4 Å². The summed E-state index contributed by atoms with van der Waals surface area (Å²) in [4.78, 5) is 1.88. The fourth-order valence-electron chi connectivity index (χ4n) is 1.58. The SMILES string of the molecule is CCCCCF.CCF.CCF.CCF.CCF.CCF.CF.CF.CF.CF.CF.CF.CF.CF.CF.FCC(F)(F)OC(F)(F)CF.FCC(F)(F)OF.FCOC(F)(F)C(F)(F)C(F)(F)CF.FCOC(F)(F)CC(F)(F)F.FCOC(F)(F)CF. The molecule has 0 N–H and O–H groups in total. The van der Waals surface area contributed by atoms with Crippen molar-refractivity contribution in [1.82, 2.24) is 0 Å². The first-order chi connectivity index (χ1) is 41.4. The number of rotatable bonds is 20. The van der Waals surface area contributed by atoms with Gasteiger partial charge in [0.05, 0.1) is 105 Å². The van der Waals surface area contributed by atoms with Crippen LogP contribution in [0.25, 0.3) is 0 Å². The maximum absolute atomic E-state index is 12.1. The normalized spacial score (nSPS) is 9.80. The Morgan fingerprint density at radius 1 is 0.278 bits per heavy atom. The first-order valence-electron chi connectivity index (χ1n) is 21.7. The molecule has 0 aromatic heterocycles. The zero-order valence-electron chi connectivity index (χ0n) is 50.5. The topological polar surface area (TPSA) is 46.2 Å². The van der Waals surface area contributed by atoms with E-state index in [4.69, 9.17) is 0 Å². The largest absolute Gasteiger partial charge is 0.428 e. The van der Waals surface area contributed by atoms with Gasteiger partial charge in [0, 0.05) is 0 Å². The minimum atomic E-state index is -6.11. The molecule has 0 radical (unpaired) electrons. The number of unbranched alkanes of at least 4 members (excludes halogenated alkanes) is 2. The molecule has 0 bridgehead atoms. The molecule has 0 fully saturated rings. The van der Waals surface area contributed by atoms with E-state index in [1.54, 1.807) is 0 Å². The van der Waals surface area contributed by atoms with Gasteiger partial charge >= 0.3 is 54.7 Å². The molecule has 0 spiro atoms. The Hall–Kier alpha value is -3.21. The summed E-state index contributed by atoms with van der Waals surface area (Å²) < 4.78 is 477. The molecule has 0 aliphatic heterocycles. The van der Waals surface area contributed by atoms with Gasteiger partial charge in [0.25, 0.3) is 0 Å². The van der Waals surface area contributed by atoms with Crippen molar-refractivity contribution in [2.45, 2.75) is 122 Å². The monoisotopic (exact) mass is 1480 g/mol. The van der Waals surface area contributed by atoms with Crippen molar-refractivity contribution in [2.24, 2.45) is 0 Å². The van der Waals surface area contributed by atoms with Crippen molar-refractivity contribution in [3.05, 3.63) is 0 Å². The van der Waals surface area contributed by atoms with Crippen LogP contribution in [0.3, 0.4) is 0 Å². The third-order valence-corrected chi connectivity index (χ3v) is 3.94. The number of ether oxygens (including phenoxy) is 4. The third kappa shape index (κ3) is 167. The highest BCUT2D eigenvalue weighted by molar-refractivity contribution is 4.91. The average Bonchev–Trinajstić information content (AvgIpc) is 3.50. The summed E-state index contributed by atoms with van der Waals surface area (Å²) in [5, 5.41) is 0. The fraction of sp³-hybridized carbons (Fsp3) is 1.00. The first kappa shape index (κ1) is 143. The average molecular weight is 1480 g/mol. The number of hydrogen-bond acceptors (Lipinski definition) is 5. The molecule has 0 heterocycles. The predicted octanol–water partition coefficient (Wildman–Crippen LogP) is 22.6. The van der Waals surface area contributed by atoms with E-state index in [9.17, 15) is 189 Å². The maximum atomic E-state index is 12.1. The van der Waals surface area contributed by atoms with E-state index >= 15 is 0 Å². The molecule has 0 amide bonds. The fourth-order valence-corrected chi connectivity index (χ4v) is 1.58. The molecular formula is C42H81F43O5. The van der Waals surface area contributed by atoms with Gasteiger partial charge in [0.1, 0.15) is 6.42 Å². The molecule has 0 aromatic rings. The quantitative estimate of drug-likeness (QED) is 0.0898. The Labute approximate surface area is 493 Å². The van der Waals surface area contributed by atoms with Crippen LogP contribution in [0.1, 0.15) is 67.2 Å². The molecule has 48 heteroatoms. The van der Waals surface area contributed by atoms with Crippen LogP contribution in [0.4, 0.5) is 189 Å². The van der Waals surface area contributed by atoms with Crippen LogP contribution in [0.5, 0.6) is 0 Å². The summed E-state index contributed by atoms with van der Waals surface area (Å²) in [5.41, 5.74) is 0. The second kappa shape index (κ2) is 113. The first-order valence-corrected chi connectivity index (χ1v) is 21.7. The standard InChI is InChI=1S/C5H4F8O.C5H11F.2C4H4F6O.C3H4F4O.C2H2F4O.5C2H5F.9CH3F/c6-1-3(8,9)4(10,11)5(12,13)14-2-7;1-2-3-4-5-6;5-1-3(7,8)11-4(9,10)2-6;5-2-11-4(9,10)1-3(6,7)8;4-1-3(6,7)8-2-5;3-1-2(4,5)7-6;5*1-2-3;9*1-2/h1-2H2;2-5H2,1H3;2*1-2H2;1-2H2;1H2;5*2H2,1H3;9*1H3. The van der Waals surface area contributed by atoms with E-state index in [1.807, 2.05) is 4.94 Å². The molecule has 0 unspecified atom stereocenters. The van der Waals surface area contributed by atoms with Crippen LogP contribution in [-0.4, -0.2) is 213 Å². The van der Waals surface area contributed by atoms with Gasteiger partial charge in [-0.05, 0) is 45.6 Å². The van der Waals surface area contributed by atoms with Gasteiger partial charge in [0.15, 0.2) is 54.0 Å². The number of alkyl halides is 42. The smallest absolute Gasteiger partial charge is 0.288 e. The summed E-state index contributed by atoms with van der Waals surface area (Å²) in [5.74, 6) is -11.7. The van der Waals surface area contributed by atoms with E-state index in [-0.39, 0.29) is 40.0 Å². The molecule has 5 nitrogen and oxygen atoms in total. The lowest BCUT2D eigenvalue weighted by Gasteiger charge is -2.29. The summed E-state index contributed by atoms with van der Waals surface area (Å²) in [7, 11) is 4.50. The molecule has 0 aromatic carbocycles. The van der Waals surface area contributed by atoms with Gasteiger partial charge in [0.2, 0.25) is 0 Å². The minimum Gasteiger partial charge on any atom is -0.288 e. The van der Waals surface area contributed by atoms with E-state index in [0.29, 0.717) is 64.6 Å². The lowest BCUT2D eigenvalue weighted by atomic mass is 10.2. The van der Waals surface area contributed by atoms with Crippen LogP contribution in [0.2, 0.25) is 0 Å². The summed E-state index contributed by atoms with van der Waals surface area (Å²) >= 11 is 0. The molecule has 0 rings (SSSR count). The van der Waals surface area contributed by atoms with Crippen LogP contribution in [0, 0.1) is 0 Å². The van der Waals surface area contributed by atoms with Crippen molar-refractivity contribution in [3.8, 4) is 0 Å². The highest BCUT2D eigenvalue weighted by Crippen LogP contribution is 2.46. The van der Waals surface area contributed by atoms with Crippen molar-refractivity contribution in [2.75, 3.05) is 159 Å². The predicted molar refractivity (Wildman–Crippen MR) is 252 cm³/mol. The molecule has 0 atom stereocenters. The summed E-state index contributed by atoms with van der Waals surface area (Å²) in [6.07, 6.45) is -32.3. The molecule has 90 heavy (non-hydrogen) atoms. The van der Waals surface area contributed by atoms with Gasteiger partial charge < -0.3 is 0 Å². The zero-order chi connectivity index (χ0) is 78.8. The Morgan fingerprint density at radius 2 is 0.500 bits per heavy atom. The van der Waals surface area contributed by atoms with E-state index in [1.165, 1.54) is 34.6 Å². The highest BCUT2D eigenvalue weighted by atomic mass is 19.4. The number of halogens is 43. The Kier molecular flexibility index (Phi) is 180. The van der Waals surface area contributed by atoms with E-state index in [0.717, 1.165) is 19.3 Å². The zero-order valence-corrected chi connectivity index (χ0v) is 50.5. The lowest BCUT2D eigenvalue weighted by molar-refractivity contribution is -0.405. The van der Waals surface area contributed by atoms with Gasteiger partial charge in [-0.1, -0.05) is 19.8 Å². The lowest BCUT2D eigenvalue weighted by Crippen LogP contribution is -2.56. The van der Waals surface area contributed by atoms with Crippen LogP contribution in [-0.2, 0) is 23.9 Å². The summed E-state index contributed by atoms with van der Waals surface area (Å²) in [6, 6.07) is 0. The van der Waals surface area contributed by atoms with Crippen LogP contribution >= 0.6 is 0 Å². The Morgan fingerprint density at radius 3 is 0.622 bits per heavy atom. The van der Waals surface area contributed by atoms with Gasteiger partial charge in [-0.3, -0.25) is 84.8 Å².